The molecule has 0 unspecified atom stereocenters. The van der Waals surface area contributed by atoms with Gasteiger partial charge in [0.15, 0.2) is 0 Å². The summed E-state index contributed by atoms with van der Waals surface area (Å²) in [6, 6.07) is 4.53. The van der Waals surface area contributed by atoms with Gasteiger partial charge in [-0.3, -0.25) is 4.79 Å². The van der Waals surface area contributed by atoms with E-state index < -0.39 is 15.9 Å². The van der Waals surface area contributed by atoms with E-state index in [2.05, 4.69) is 10.0 Å². The minimum atomic E-state index is -3.64. The van der Waals surface area contributed by atoms with Crippen LogP contribution in [0.1, 0.15) is 55.8 Å². The second-order valence-electron chi connectivity index (χ2n) is 7.27. The maximum atomic E-state index is 12.5. The third-order valence-corrected chi connectivity index (χ3v) is 6.64. The highest BCUT2D eigenvalue weighted by atomic mass is 32.2. The first-order valence-corrected chi connectivity index (χ1v) is 9.99. The summed E-state index contributed by atoms with van der Waals surface area (Å²) in [6.07, 6.45) is 6.53. The van der Waals surface area contributed by atoms with E-state index in [0.717, 1.165) is 19.4 Å². The van der Waals surface area contributed by atoms with E-state index in [1.165, 1.54) is 37.8 Å². The van der Waals surface area contributed by atoms with Crippen LogP contribution in [0.4, 0.5) is 5.69 Å². The van der Waals surface area contributed by atoms with Crippen LogP contribution >= 0.6 is 0 Å². The van der Waals surface area contributed by atoms with Crippen LogP contribution in [-0.4, -0.2) is 26.4 Å². The molecule has 2 saturated carbocycles. The highest BCUT2D eigenvalue weighted by molar-refractivity contribution is 7.89. The zero-order valence-corrected chi connectivity index (χ0v) is 14.8. The zero-order valence-electron chi connectivity index (χ0n) is 14.0. The number of anilines is 1. The Hall–Kier alpha value is -1.60. The van der Waals surface area contributed by atoms with Crippen molar-refractivity contribution in [2.45, 2.75) is 55.9 Å². The minimum Gasteiger partial charge on any atom is -0.384 e. The van der Waals surface area contributed by atoms with E-state index in [-0.39, 0.29) is 16.0 Å². The summed E-state index contributed by atoms with van der Waals surface area (Å²) in [5.74, 6) is -0.0239. The minimum absolute atomic E-state index is 0.0795. The molecule has 0 heterocycles. The molecule has 7 heteroatoms. The predicted molar refractivity (Wildman–Crippen MR) is 93.4 cm³/mol. The highest BCUT2D eigenvalue weighted by Gasteiger charge is 2.41. The van der Waals surface area contributed by atoms with Crippen LogP contribution in [0.3, 0.4) is 0 Å². The topological polar surface area (TPSA) is 101 Å². The van der Waals surface area contributed by atoms with Crippen molar-refractivity contribution >= 4 is 21.6 Å². The average Bonchev–Trinajstić information content (AvgIpc) is 3.01. The van der Waals surface area contributed by atoms with Gasteiger partial charge in [0.1, 0.15) is 0 Å². The van der Waals surface area contributed by atoms with E-state index in [0.29, 0.717) is 11.6 Å². The summed E-state index contributed by atoms with van der Waals surface area (Å²) in [5.41, 5.74) is 5.92. The van der Waals surface area contributed by atoms with Gasteiger partial charge in [-0.2, -0.15) is 0 Å². The van der Waals surface area contributed by atoms with E-state index in [4.69, 9.17) is 5.73 Å². The van der Waals surface area contributed by atoms with E-state index >= 15 is 0 Å². The van der Waals surface area contributed by atoms with E-state index in [1.54, 1.807) is 6.07 Å². The van der Waals surface area contributed by atoms with Crippen molar-refractivity contribution in [2.75, 3.05) is 11.9 Å². The van der Waals surface area contributed by atoms with Crippen LogP contribution in [0.15, 0.2) is 23.1 Å². The number of hydrogen-bond donors (Lipinski definition) is 3. The standard InChI is InChI=1S/C17H25N3O3S/c1-17(8-9-17)20-24(22,23)13-6-7-15(14(10-13)16(18)21)19-11-12-4-2-3-5-12/h6-7,10,12,19-20H,2-5,8-9,11H2,1H3,(H2,18,21). The summed E-state index contributed by atoms with van der Waals surface area (Å²) in [4.78, 5) is 11.8. The normalized spacial score (nSPS) is 20.0. The maximum absolute atomic E-state index is 12.5. The van der Waals surface area contributed by atoms with Gasteiger partial charge in [-0.05, 0) is 56.7 Å². The molecule has 6 nitrogen and oxygen atoms in total. The number of hydrogen-bond acceptors (Lipinski definition) is 4. The lowest BCUT2D eigenvalue weighted by atomic mass is 10.1. The summed E-state index contributed by atoms with van der Waals surface area (Å²) >= 11 is 0. The van der Waals surface area contributed by atoms with Crippen LogP contribution in [0, 0.1) is 5.92 Å². The van der Waals surface area contributed by atoms with Gasteiger partial charge < -0.3 is 11.1 Å². The van der Waals surface area contributed by atoms with Gasteiger partial charge in [0.05, 0.1) is 10.5 Å². The number of primary amides is 1. The quantitative estimate of drug-likeness (QED) is 0.701. The van der Waals surface area contributed by atoms with Crippen molar-refractivity contribution in [3.63, 3.8) is 0 Å². The first-order chi connectivity index (χ1) is 11.3. The Morgan fingerprint density at radius 3 is 2.54 bits per heavy atom. The molecule has 2 aliphatic carbocycles. The number of benzene rings is 1. The molecule has 1 aromatic carbocycles. The molecule has 0 aliphatic heterocycles. The van der Waals surface area contributed by atoms with Crippen molar-refractivity contribution in [3.8, 4) is 0 Å². The summed E-state index contributed by atoms with van der Waals surface area (Å²) < 4.78 is 27.6. The van der Waals surface area contributed by atoms with Crippen molar-refractivity contribution < 1.29 is 13.2 Å². The molecule has 4 N–H and O–H groups in total. The lowest BCUT2D eigenvalue weighted by Crippen LogP contribution is -2.34. The zero-order chi connectivity index (χ0) is 17.4. The third-order valence-electron chi connectivity index (χ3n) is 5.00. The number of nitrogens with one attached hydrogen (secondary N) is 2. The Morgan fingerprint density at radius 2 is 1.96 bits per heavy atom. The lowest BCUT2D eigenvalue weighted by molar-refractivity contribution is 0.100. The molecule has 1 aromatic rings. The molecular formula is C17H25N3O3S. The Labute approximate surface area is 143 Å². The van der Waals surface area contributed by atoms with Crippen LogP contribution in [-0.2, 0) is 10.0 Å². The molecule has 1 amide bonds. The van der Waals surface area contributed by atoms with Gasteiger partial charge in [0, 0.05) is 17.8 Å². The number of carbonyl (C=O) groups is 1. The number of sulfonamides is 1. The van der Waals surface area contributed by atoms with Gasteiger partial charge in [0.25, 0.3) is 5.91 Å². The van der Waals surface area contributed by atoms with Crippen LogP contribution in [0.2, 0.25) is 0 Å². The number of amides is 1. The molecule has 0 radical (unpaired) electrons. The van der Waals surface area contributed by atoms with Gasteiger partial charge in [-0.1, -0.05) is 12.8 Å². The van der Waals surface area contributed by atoms with E-state index in [1.807, 2.05) is 6.92 Å². The SMILES string of the molecule is CC1(NS(=O)(=O)c2ccc(NCC3CCCC3)c(C(N)=O)c2)CC1. The fraction of sp³-hybridized carbons (Fsp3) is 0.588. The second kappa shape index (κ2) is 6.37. The van der Waals surface area contributed by atoms with Gasteiger partial charge in [-0.15, -0.1) is 0 Å². The summed E-state index contributed by atoms with van der Waals surface area (Å²) in [7, 11) is -3.64. The van der Waals surface area contributed by atoms with Gasteiger partial charge in [-0.25, -0.2) is 13.1 Å². The largest absolute Gasteiger partial charge is 0.384 e. The second-order valence-corrected chi connectivity index (χ2v) is 8.95. The molecule has 2 aliphatic rings. The predicted octanol–water partition coefficient (Wildman–Crippen LogP) is 2.22. The van der Waals surface area contributed by atoms with Crippen LogP contribution in [0.25, 0.3) is 0 Å². The molecule has 0 saturated heterocycles. The van der Waals surface area contributed by atoms with Gasteiger partial charge >= 0.3 is 0 Å². The third kappa shape index (κ3) is 3.89. The molecule has 0 atom stereocenters. The van der Waals surface area contributed by atoms with Crippen molar-refractivity contribution in [1.82, 2.24) is 4.72 Å². The average molecular weight is 351 g/mol. The molecule has 0 aromatic heterocycles. The monoisotopic (exact) mass is 351 g/mol. The number of rotatable bonds is 7. The number of carbonyl (C=O) groups excluding carboxylic acids is 1. The first-order valence-electron chi connectivity index (χ1n) is 8.51. The highest BCUT2D eigenvalue weighted by Crippen LogP contribution is 2.36. The Bertz CT molecular complexity index is 735. The molecular weight excluding hydrogens is 326 g/mol. The van der Waals surface area contributed by atoms with Crippen molar-refractivity contribution in [3.05, 3.63) is 23.8 Å². The molecule has 3 rings (SSSR count). The summed E-state index contributed by atoms with van der Waals surface area (Å²) in [6.45, 7) is 2.65. The first kappa shape index (κ1) is 17.2. The molecule has 0 spiro atoms. The molecule has 24 heavy (non-hydrogen) atoms. The lowest BCUT2D eigenvalue weighted by Gasteiger charge is -2.16. The van der Waals surface area contributed by atoms with Crippen molar-refractivity contribution in [1.29, 1.82) is 0 Å². The molecule has 0 bridgehead atoms. The smallest absolute Gasteiger partial charge is 0.250 e. The number of nitrogens with two attached hydrogens (primary N) is 1. The summed E-state index contributed by atoms with van der Waals surface area (Å²) in [5, 5.41) is 3.26. The fourth-order valence-corrected chi connectivity index (χ4v) is 4.68. The Morgan fingerprint density at radius 1 is 1.29 bits per heavy atom. The fourth-order valence-electron chi connectivity index (χ4n) is 3.19. The van der Waals surface area contributed by atoms with Crippen LogP contribution < -0.4 is 15.8 Å². The van der Waals surface area contributed by atoms with Gasteiger partial charge in [0.2, 0.25) is 10.0 Å². The maximum Gasteiger partial charge on any atom is 0.250 e. The molecule has 132 valence electrons. The Balaban J connectivity index is 1.79. The Kier molecular flexibility index (Phi) is 4.57. The van der Waals surface area contributed by atoms with Crippen molar-refractivity contribution in [2.24, 2.45) is 11.7 Å². The molecule has 2 fully saturated rings. The van der Waals surface area contributed by atoms with Crippen LogP contribution in [0.5, 0.6) is 0 Å². The van der Waals surface area contributed by atoms with E-state index in [9.17, 15) is 13.2 Å².